The van der Waals surface area contributed by atoms with Gasteiger partial charge in [0.25, 0.3) is 11.5 Å². The lowest BCUT2D eigenvalue weighted by Crippen LogP contribution is -2.44. The van der Waals surface area contributed by atoms with Gasteiger partial charge in [0.1, 0.15) is 29.9 Å². The third-order valence-electron chi connectivity index (χ3n) is 5.02. The van der Waals surface area contributed by atoms with Gasteiger partial charge in [-0.25, -0.2) is 14.2 Å². The van der Waals surface area contributed by atoms with Gasteiger partial charge in [-0.2, -0.15) is 0 Å². The molecule has 2 amide bonds. The van der Waals surface area contributed by atoms with E-state index in [1.165, 1.54) is 29.6 Å². The van der Waals surface area contributed by atoms with Crippen LogP contribution in [0.15, 0.2) is 59.5 Å². The molecule has 0 saturated heterocycles. The number of carbonyl (C=O) groups excluding carboxylic acids is 2. The summed E-state index contributed by atoms with van der Waals surface area (Å²) in [6, 6.07) is 9.30. The molecule has 13 heteroatoms. The Morgan fingerprint density at radius 1 is 1.05 bits per heavy atom. The summed E-state index contributed by atoms with van der Waals surface area (Å²) in [6.45, 7) is -0.769. The van der Waals surface area contributed by atoms with E-state index in [2.05, 4.69) is 10.3 Å². The molecule has 11 nitrogen and oxygen atoms in total. The molecule has 2 aromatic carbocycles. The Hall–Kier alpha value is -4.78. The number of nitrogens with zero attached hydrogens (tertiary/aromatic N) is 2. The van der Waals surface area contributed by atoms with Gasteiger partial charge in [-0.15, -0.1) is 0 Å². The number of halogens is 1. The zero-order chi connectivity index (χ0) is 27.1. The topological polar surface area (TPSA) is 168 Å². The number of anilines is 1. The summed E-state index contributed by atoms with van der Waals surface area (Å²) < 4.78 is 14.3. The minimum absolute atomic E-state index is 0.0754. The Morgan fingerprint density at radius 2 is 1.70 bits per heavy atom. The molecule has 37 heavy (non-hydrogen) atoms. The van der Waals surface area contributed by atoms with Crippen molar-refractivity contribution in [3.05, 3.63) is 82.0 Å². The number of rotatable bonds is 10. The normalized spacial score (nSPS) is 11.3. The van der Waals surface area contributed by atoms with Crippen LogP contribution in [-0.2, 0) is 20.9 Å². The van der Waals surface area contributed by atoms with Gasteiger partial charge in [0, 0.05) is 16.5 Å². The number of hydrogen-bond acceptors (Lipinski definition) is 7. The smallest absolute Gasteiger partial charge is 0.326 e. The number of aromatic nitrogens is 2. The van der Waals surface area contributed by atoms with E-state index in [1.807, 2.05) is 5.32 Å². The predicted octanol–water partition coefficient (Wildman–Crippen LogP) is 1.69. The Labute approximate surface area is 213 Å². The highest BCUT2D eigenvalue weighted by Gasteiger charge is 2.24. The zero-order valence-corrected chi connectivity index (χ0v) is 19.7. The Morgan fingerprint density at radius 3 is 2.27 bits per heavy atom. The lowest BCUT2D eigenvalue weighted by molar-refractivity contribution is -0.147. The monoisotopic (exact) mass is 526 g/mol. The third-order valence-corrected chi connectivity index (χ3v) is 5.29. The average molecular weight is 527 g/mol. The lowest BCUT2D eigenvalue weighted by Gasteiger charge is -2.16. The Bertz CT molecular complexity index is 1420. The fourth-order valence-electron chi connectivity index (χ4n) is 3.22. The molecule has 3 aromatic rings. The van der Waals surface area contributed by atoms with Crippen molar-refractivity contribution in [3.8, 4) is 11.4 Å². The maximum atomic E-state index is 13.4. The van der Waals surface area contributed by atoms with Crippen molar-refractivity contribution in [2.24, 2.45) is 0 Å². The predicted molar refractivity (Wildman–Crippen MR) is 133 cm³/mol. The molecule has 0 spiro atoms. The number of benzene rings is 2. The molecule has 0 radical (unpaired) electrons. The first kappa shape index (κ1) is 26.8. The van der Waals surface area contributed by atoms with Crippen LogP contribution in [0.25, 0.3) is 11.4 Å². The molecule has 0 aliphatic heterocycles. The molecule has 4 N–H and O–H groups in total. The number of thiocarbonyl (C=S) groups is 1. The maximum Gasteiger partial charge on any atom is 0.326 e. The number of carbonyl (C=O) groups is 4. The molecule has 190 valence electrons. The van der Waals surface area contributed by atoms with Crippen LogP contribution in [-0.4, -0.2) is 54.9 Å². The highest BCUT2D eigenvalue weighted by atomic mass is 32.1. The molecule has 0 aliphatic rings. The second-order valence-corrected chi connectivity index (χ2v) is 7.88. The molecular weight excluding hydrogens is 507 g/mol. The highest BCUT2D eigenvalue weighted by Crippen LogP contribution is 2.18. The number of amides is 2. The molecule has 0 bridgehead atoms. The van der Waals surface area contributed by atoms with Crippen LogP contribution in [0.3, 0.4) is 0 Å². The summed E-state index contributed by atoms with van der Waals surface area (Å²) in [5.41, 5.74) is 0.0132. The first-order valence-corrected chi connectivity index (χ1v) is 11.0. The fourth-order valence-corrected chi connectivity index (χ4v) is 3.38. The molecular formula is C24H19FN4O7S. The van der Waals surface area contributed by atoms with E-state index in [1.54, 1.807) is 12.1 Å². The third kappa shape index (κ3) is 6.89. The van der Waals surface area contributed by atoms with Crippen LogP contribution in [0.5, 0.6) is 0 Å². The van der Waals surface area contributed by atoms with Crippen LogP contribution in [0, 0.1) is 5.82 Å². The van der Waals surface area contributed by atoms with Gasteiger partial charge in [-0.05, 0) is 42.0 Å². The zero-order valence-electron chi connectivity index (χ0n) is 18.9. The molecule has 1 atom stereocenters. The van der Waals surface area contributed by atoms with E-state index < -0.39 is 54.1 Å². The highest BCUT2D eigenvalue weighted by molar-refractivity contribution is 7.79. The summed E-state index contributed by atoms with van der Waals surface area (Å²) >= 11 is 4.83. The summed E-state index contributed by atoms with van der Waals surface area (Å²) in [5, 5.41) is 23.9. The first-order valence-electron chi connectivity index (χ1n) is 10.6. The Balaban J connectivity index is 1.96. The summed E-state index contributed by atoms with van der Waals surface area (Å²) in [7, 11) is 0. The second-order valence-electron chi connectivity index (χ2n) is 7.64. The fraction of sp³-hybridized carbons (Fsp3) is 0.125. The minimum atomic E-state index is -1.75. The van der Waals surface area contributed by atoms with Crippen molar-refractivity contribution in [3.63, 3.8) is 0 Å². The van der Waals surface area contributed by atoms with E-state index in [4.69, 9.17) is 17.3 Å². The number of aliphatic carboxylic acids is 2. The van der Waals surface area contributed by atoms with Crippen LogP contribution in [0.1, 0.15) is 22.3 Å². The number of carboxylic acids is 2. The summed E-state index contributed by atoms with van der Waals surface area (Å²) in [5.74, 6) is -5.32. The van der Waals surface area contributed by atoms with Crippen LogP contribution < -0.4 is 16.2 Å². The van der Waals surface area contributed by atoms with Crippen LogP contribution in [0.4, 0.5) is 10.1 Å². The number of hydrogen-bond donors (Lipinski definition) is 4. The van der Waals surface area contributed by atoms with Crippen molar-refractivity contribution >= 4 is 47.0 Å². The van der Waals surface area contributed by atoms with Gasteiger partial charge in [-0.1, -0.05) is 24.4 Å². The summed E-state index contributed by atoms with van der Waals surface area (Å²) in [4.78, 5) is 64.9. The minimum Gasteiger partial charge on any atom is -0.481 e. The van der Waals surface area contributed by atoms with E-state index >= 15 is 0 Å². The van der Waals surface area contributed by atoms with Crippen LogP contribution >= 0.6 is 12.2 Å². The van der Waals surface area contributed by atoms with Crippen molar-refractivity contribution < 1.29 is 33.8 Å². The molecule has 0 fully saturated rings. The second kappa shape index (κ2) is 11.8. The molecule has 0 unspecified atom stereocenters. The molecule has 1 heterocycles. The molecule has 3 rings (SSSR count). The largest absolute Gasteiger partial charge is 0.481 e. The SMILES string of the molecule is O=C(O)C[C@H](NC(=O)Cn1c(-c2ccc(F)cc2)ncc(NC(=O)c2ccc(C=S)cc2)c1=O)C(=O)O. The van der Waals surface area contributed by atoms with Crippen molar-refractivity contribution in [2.45, 2.75) is 19.0 Å². The van der Waals surface area contributed by atoms with E-state index in [0.717, 1.165) is 22.9 Å². The van der Waals surface area contributed by atoms with Crippen molar-refractivity contribution in [1.29, 1.82) is 0 Å². The quantitative estimate of drug-likeness (QED) is 0.287. The van der Waals surface area contributed by atoms with Gasteiger partial charge in [0.15, 0.2) is 0 Å². The summed E-state index contributed by atoms with van der Waals surface area (Å²) in [6.07, 6.45) is 0.181. The standard InChI is InChI=1S/C24H19FN4O7S/c25-16-7-5-14(6-8-16)21-26-10-18(28-22(33)15-3-1-13(12-37)2-4-15)23(34)29(21)11-19(30)27-17(24(35)36)9-20(31)32/h1-8,10,12,17H,9,11H2,(H,27,30)(H,28,33)(H,31,32)(H,35,36)/t17-/m0/s1. The number of nitrogens with one attached hydrogen (secondary N) is 2. The van der Waals surface area contributed by atoms with E-state index in [-0.39, 0.29) is 22.6 Å². The van der Waals surface area contributed by atoms with Crippen LogP contribution in [0.2, 0.25) is 0 Å². The van der Waals surface area contributed by atoms with Gasteiger partial charge in [0.05, 0.1) is 12.6 Å². The van der Waals surface area contributed by atoms with Gasteiger partial charge in [0.2, 0.25) is 5.91 Å². The van der Waals surface area contributed by atoms with E-state index in [0.29, 0.717) is 5.56 Å². The first-order chi connectivity index (χ1) is 17.6. The number of carboxylic acid groups (broad SMARTS) is 2. The average Bonchev–Trinajstić information content (AvgIpc) is 2.86. The maximum absolute atomic E-state index is 13.4. The Kier molecular flexibility index (Phi) is 8.53. The van der Waals surface area contributed by atoms with Gasteiger partial charge < -0.3 is 20.8 Å². The lowest BCUT2D eigenvalue weighted by atomic mass is 10.1. The molecule has 1 aromatic heterocycles. The van der Waals surface area contributed by atoms with E-state index in [9.17, 15) is 33.5 Å². The van der Waals surface area contributed by atoms with Gasteiger partial charge >= 0.3 is 11.9 Å². The van der Waals surface area contributed by atoms with Crippen molar-refractivity contribution in [2.75, 3.05) is 5.32 Å². The molecule has 0 aliphatic carbocycles. The van der Waals surface area contributed by atoms with Gasteiger partial charge in [-0.3, -0.25) is 23.7 Å². The molecule has 0 saturated carbocycles. The van der Waals surface area contributed by atoms with Crippen molar-refractivity contribution in [1.82, 2.24) is 14.9 Å².